The lowest BCUT2D eigenvalue weighted by atomic mass is 9.96. The number of anilines is 1. The molecule has 0 atom stereocenters. The van der Waals surface area contributed by atoms with Crippen LogP contribution in [0.15, 0.2) is 35.3 Å². The molecule has 6 nitrogen and oxygen atoms in total. The van der Waals surface area contributed by atoms with Gasteiger partial charge in [-0.05, 0) is 37.1 Å². The second-order valence-corrected chi connectivity index (χ2v) is 7.50. The maximum Gasteiger partial charge on any atom is 0.245 e. The van der Waals surface area contributed by atoms with Crippen LogP contribution in [0, 0.1) is 5.92 Å². The lowest BCUT2D eigenvalue weighted by molar-refractivity contribution is -0.131. The van der Waals surface area contributed by atoms with Gasteiger partial charge in [0, 0.05) is 23.5 Å². The molecule has 24 heavy (non-hydrogen) atoms. The minimum Gasteiger partial charge on any atom is -0.339 e. The first-order valence-electron chi connectivity index (χ1n) is 7.60. The van der Waals surface area contributed by atoms with Gasteiger partial charge >= 0.3 is 0 Å². The summed E-state index contributed by atoms with van der Waals surface area (Å²) in [6, 6.07) is 5.85. The fourth-order valence-electron chi connectivity index (χ4n) is 2.66. The van der Waals surface area contributed by atoms with Crippen LogP contribution in [-0.4, -0.2) is 34.8 Å². The molecule has 126 valence electrons. The zero-order valence-electron chi connectivity index (χ0n) is 12.9. The van der Waals surface area contributed by atoms with Crippen molar-refractivity contribution in [2.24, 2.45) is 5.92 Å². The van der Waals surface area contributed by atoms with Gasteiger partial charge in [-0.15, -0.1) is 0 Å². The highest BCUT2D eigenvalue weighted by Crippen LogP contribution is 2.28. The first-order valence-corrected chi connectivity index (χ1v) is 9.21. The Balaban J connectivity index is 1.53. The number of likely N-dealkylation sites (tertiary alicyclic amines) is 1. The summed E-state index contributed by atoms with van der Waals surface area (Å²) in [6.45, 7) is 4.65. The zero-order chi connectivity index (χ0) is 17.1. The summed E-state index contributed by atoms with van der Waals surface area (Å²) in [7, 11) is 0. The highest BCUT2D eigenvalue weighted by Gasteiger charge is 2.26. The maximum atomic E-state index is 12.3. The minimum atomic E-state index is -0.102. The maximum absolute atomic E-state index is 12.3. The Morgan fingerprint density at radius 3 is 2.83 bits per heavy atom. The number of carbonyl (C=O) groups excluding carboxylic acids is 2. The topological polar surface area (TPSA) is 74.3 Å². The standard InChI is InChI=1S/C16H17BrN4O2S/c1-2-14(22)21-7-5-10(6-8-21)15(23)19-20-16-18-12-4-3-11(17)9-13(12)24-16/h2-4,9-10H,1,5-8H2,(H,18,20)(H,19,23). The van der Waals surface area contributed by atoms with Crippen LogP contribution < -0.4 is 10.9 Å². The molecule has 0 saturated carbocycles. The van der Waals surface area contributed by atoms with Crippen LogP contribution in [0.4, 0.5) is 5.13 Å². The number of nitrogens with one attached hydrogen (secondary N) is 2. The number of thiazole rings is 1. The molecule has 1 aliphatic heterocycles. The first-order chi connectivity index (χ1) is 11.6. The van der Waals surface area contributed by atoms with E-state index in [1.165, 1.54) is 17.4 Å². The van der Waals surface area contributed by atoms with Crippen LogP contribution in [0.2, 0.25) is 0 Å². The summed E-state index contributed by atoms with van der Waals surface area (Å²) in [5.41, 5.74) is 6.50. The fourth-order valence-corrected chi connectivity index (χ4v) is 4.03. The van der Waals surface area contributed by atoms with Crippen LogP contribution in [0.5, 0.6) is 0 Å². The quantitative estimate of drug-likeness (QED) is 0.602. The van der Waals surface area contributed by atoms with E-state index < -0.39 is 0 Å². The molecule has 0 aliphatic carbocycles. The predicted octanol–water partition coefficient (Wildman–Crippen LogP) is 2.93. The summed E-state index contributed by atoms with van der Waals surface area (Å²) in [4.78, 5) is 29.9. The Bertz CT molecular complexity index is 783. The first kappa shape index (κ1) is 16.9. The average Bonchev–Trinajstić information content (AvgIpc) is 3.01. The van der Waals surface area contributed by atoms with E-state index in [1.54, 1.807) is 4.90 Å². The third kappa shape index (κ3) is 3.76. The summed E-state index contributed by atoms with van der Waals surface area (Å²) in [5, 5.41) is 0.649. The number of hydrazine groups is 1. The minimum absolute atomic E-state index is 0.0684. The van der Waals surface area contributed by atoms with Crippen molar-refractivity contribution in [2.45, 2.75) is 12.8 Å². The van der Waals surface area contributed by atoms with Crippen LogP contribution >= 0.6 is 27.3 Å². The predicted molar refractivity (Wildman–Crippen MR) is 98.6 cm³/mol. The van der Waals surface area contributed by atoms with E-state index >= 15 is 0 Å². The summed E-state index contributed by atoms with van der Waals surface area (Å²) in [5.74, 6) is -0.247. The number of fused-ring (bicyclic) bond motifs is 1. The second-order valence-electron chi connectivity index (χ2n) is 5.55. The summed E-state index contributed by atoms with van der Waals surface area (Å²) in [6.07, 6.45) is 2.62. The van der Waals surface area contributed by atoms with Gasteiger partial charge in [-0.2, -0.15) is 0 Å². The number of halogens is 1. The molecule has 1 aliphatic rings. The van der Waals surface area contributed by atoms with Crippen LogP contribution in [0.3, 0.4) is 0 Å². The molecule has 2 heterocycles. The summed E-state index contributed by atoms with van der Waals surface area (Å²) >= 11 is 4.91. The lowest BCUT2D eigenvalue weighted by Crippen LogP contribution is -2.43. The Labute approximate surface area is 152 Å². The van der Waals surface area contributed by atoms with Crippen LogP contribution in [0.25, 0.3) is 10.2 Å². The molecule has 8 heteroatoms. The van der Waals surface area contributed by atoms with Crippen molar-refractivity contribution in [3.63, 3.8) is 0 Å². The number of rotatable bonds is 4. The van der Waals surface area contributed by atoms with Gasteiger partial charge in [0.1, 0.15) is 0 Å². The van der Waals surface area contributed by atoms with Crippen LogP contribution in [-0.2, 0) is 9.59 Å². The van der Waals surface area contributed by atoms with Gasteiger partial charge in [-0.3, -0.25) is 20.4 Å². The number of hydrogen-bond donors (Lipinski definition) is 2. The molecular formula is C16H17BrN4O2S. The van der Waals surface area contributed by atoms with Gasteiger partial charge in [0.05, 0.1) is 10.2 Å². The van der Waals surface area contributed by atoms with E-state index in [0.29, 0.717) is 31.1 Å². The molecule has 1 aromatic carbocycles. The van der Waals surface area contributed by atoms with Crippen molar-refractivity contribution in [1.29, 1.82) is 0 Å². The Morgan fingerprint density at radius 2 is 2.12 bits per heavy atom. The van der Waals surface area contributed by atoms with Crippen molar-refractivity contribution in [3.05, 3.63) is 35.3 Å². The lowest BCUT2D eigenvalue weighted by Gasteiger charge is -2.30. The summed E-state index contributed by atoms with van der Waals surface area (Å²) < 4.78 is 2.03. The van der Waals surface area contributed by atoms with Crippen molar-refractivity contribution >= 4 is 54.4 Å². The van der Waals surface area contributed by atoms with Gasteiger partial charge in [-0.25, -0.2) is 4.98 Å². The van der Waals surface area contributed by atoms with Gasteiger partial charge in [0.2, 0.25) is 16.9 Å². The van der Waals surface area contributed by atoms with E-state index in [1.807, 2.05) is 18.2 Å². The van der Waals surface area contributed by atoms with Crippen molar-refractivity contribution in [2.75, 3.05) is 18.5 Å². The molecule has 3 rings (SSSR count). The molecule has 1 fully saturated rings. The highest BCUT2D eigenvalue weighted by atomic mass is 79.9. The third-order valence-electron chi connectivity index (χ3n) is 4.00. The molecule has 1 saturated heterocycles. The average molecular weight is 409 g/mol. The van der Waals surface area contributed by atoms with Gasteiger partial charge < -0.3 is 4.90 Å². The third-order valence-corrected chi connectivity index (χ3v) is 5.42. The number of aromatic nitrogens is 1. The smallest absolute Gasteiger partial charge is 0.245 e. The molecule has 2 aromatic rings. The molecule has 0 radical (unpaired) electrons. The van der Waals surface area contributed by atoms with E-state index in [0.717, 1.165) is 14.7 Å². The number of carbonyl (C=O) groups is 2. The molecule has 0 unspecified atom stereocenters. The second kappa shape index (κ2) is 7.31. The number of benzene rings is 1. The largest absolute Gasteiger partial charge is 0.339 e. The van der Waals surface area contributed by atoms with Crippen LogP contribution in [0.1, 0.15) is 12.8 Å². The number of piperidine rings is 1. The zero-order valence-corrected chi connectivity index (χ0v) is 15.3. The molecule has 2 N–H and O–H groups in total. The monoisotopic (exact) mass is 408 g/mol. The molecule has 1 aromatic heterocycles. The number of nitrogens with zero attached hydrogens (tertiary/aromatic N) is 2. The molecule has 2 amide bonds. The van der Waals surface area contributed by atoms with Gasteiger partial charge in [0.15, 0.2) is 0 Å². The SMILES string of the molecule is C=CC(=O)N1CCC(C(=O)NNc2nc3ccc(Br)cc3s2)CC1. The van der Waals surface area contributed by atoms with Crippen molar-refractivity contribution < 1.29 is 9.59 Å². The van der Waals surface area contributed by atoms with Crippen molar-refractivity contribution in [1.82, 2.24) is 15.3 Å². The van der Waals surface area contributed by atoms with Crippen molar-refractivity contribution in [3.8, 4) is 0 Å². The number of amides is 2. The molecule has 0 spiro atoms. The normalized spacial score (nSPS) is 15.3. The van der Waals surface area contributed by atoms with E-state index in [9.17, 15) is 9.59 Å². The fraction of sp³-hybridized carbons (Fsp3) is 0.312. The number of hydrogen-bond acceptors (Lipinski definition) is 5. The van der Waals surface area contributed by atoms with E-state index in [4.69, 9.17) is 0 Å². The highest BCUT2D eigenvalue weighted by molar-refractivity contribution is 9.10. The Kier molecular flexibility index (Phi) is 5.15. The van der Waals surface area contributed by atoms with E-state index in [2.05, 4.69) is 38.3 Å². The van der Waals surface area contributed by atoms with Gasteiger partial charge in [-0.1, -0.05) is 33.8 Å². The van der Waals surface area contributed by atoms with Gasteiger partial charge in [0.25, 0.3) is 0 Å². The van der Waals surface area contributed by atoms with E-state index in [-0.39, 0.29) is 17.7 Å². The molecular weight excluding hydrogens is 392 g/mol. The Morgan fingerprint density at radius 1 is 1.38 bits per heavy atom. The molecule has 0 bridgehead atoms. The Hall–Kier alpha value is -1.93.